The highest BCUT2D eigenvalue weighted by Crippen LogP contribution is 2.08. The highest BCUT2D eigenvalue weighted by atomic mass is 32.2. The summed E-state index contributed by atoms with van der Waals surface area (Å²) in [6, 6.07) is 9.08. The summed E-state index contributed by atoms with van der Waals surface area (Å²) in [5.41, 5.74) is 8.50. The molecule has 78 valence electrons. The number of thioether (sulfide) groups is 1. The van der Waals surface area contributed by atoms with E-state index in [0.29, 0.717) is 0 Å². The topological polar surface area (TPSA) is 26.0 Å². The standard InChI is InChI=1S/C12H19NS/c1-10(13)9-12-5-3-11(4-6-12)7-8-14-2/h3-6,10H,7-9,13H2,1-2H3/t10-/m1/s1. The molecule has 0 saturated carbocycles. The van der Waals surface area contributed by atoms with Crippen LogP contribution in [-0.4, -0.2) is 18.1 Å². The van der Waals surface area contributed by atoms with Gasteiger partial charge in [-0.25, -0.2) is 0 Å². The van der Waals surface area contributed by atoms with E-state index < -0.39 is 0 Å². The predicted molar refractivity (Wildman–Crippen MR) is 65.9 cm³/mol. The van der Waals surface area contributed by atoms with Crippen LogP contribution in [0.15, 0.2) is 24.3 Å². The number of hydrogen-bond donors (Lipinski definition) is 1. The highest BCUT2D eigenvalue weighted by molar-refractivity contribution is 7.98. The molecule has 0 unspecified atom stereocenters. The quantitative estimate of drug-likeness (QED) is 0.806. The van der Waals surface area contributed by atoms with Crippen LogP contribution >= 0.6 is 11.8 Å². The summed E-state index contributed by atoms with van der Waals surface area (Å²) >= 11 is 1.89. The van der Waals surface area contributed by atoms with Gasteiger partial charge in [0.25, 0.3) is 0 Å². The van der Waals surface area contributed by atoms with E-state index in [1.54, 1.807) is 0 Å². The molecule has 0 radical (unpaired) electrons. The Hall–Kier alpha value is -0.470. The SMILES string of the molecule is CSCCc1ccc(C[C@@H](C)N)cc1. The lowest BCUT2D eigenvalue weighted by Crippen LogP contribution is -2.17. The molecule has 2 heteroatoms. The van der Waals surface area contributed by atoms with Crippen molar-refractivity contribution in [3.05, 3.63) is 35.4 Å². The summed E-state index contributed by atoms with van der Waals surface area (Å²) < 4.78 is 0. The molecular weight excluding hydrogens is 190 g/mol. The van der Waals surface area contributed by atoms with Crippen molar-refractivity contribution >= 4 is 11.8 Å². The number of benzene rings is 1. The molecule has 0 aliphatic rings. The Labute approximate surface area is 91.1 Å². The van der Waals surface area contributed by atoms with Crippen LogP contribution in [0.1, 0.15) is 18.1 Å². The minimum Gasteiger partial charge on any atom is -0.328 e. The van der Waals surface area contributed by atoms with Crippen molar-refractivity contribution < 1.29 is 0 Å². The van der Waals surface area contributed by atoms with Gasteiger partial charge in [0.1, 0.15) is 0 Å². The first kappa shape index (κ1) is 11.6. The monoisotopic (exact) mass is 209 g/mol. The highest BCUT2D eigenvalue weighted by Gasteiger charge is 1.98. The first-order valence-electron chi connectivity index (χ1n) is 5.04. The lowest BCUT2D eigenvalue weighted by atomic mass is 10.0. The Morgan fingerprint density at radius 3 is 2.29 bits per heavy atom. The molecule has 0 bridgehead atoms. The molecule has 2 N–H and O–H groups in total. The van der Waals surface area contributed by atoms with Crippen LogP contribution in [0.4, 0.5) is 0 Å². The Balaban J connectivity index is 2.50. The molecule has 0 amide bonds. The zero-order valence-corrected chi connectivity index (χ0v) is 9.81. The van der Waals surface area contributed by atoms with Crippen LogP contribution in [0.5, 0.6) is 0 Å². The molecule has 1 aromatic carbocycles. The molecule has 1 rings (SSSR count). The number of hydrogen-bond acceptors (Lipinski definition) is 2. The maximum Gasteiger partial charge on any atom is 0.00509 e. The van der Waals surface area contributed by atoms with Crippen LogP contribution in [0.2, 0.25) is 0 Å². The minimum atomic E-state index is 0.257. The maximum absolute atomic E-state index is 5.74. The second-order valence-corrected chi connectivity index (χ2v) is 4.73. The average Bonchev–Trinajstić information content (AvgIpc) is 2.16. The van der Waals surface area contributed by atoms with Gasteiger partial charge in [-0.3, -0.25) is 0 Å². The molecule has 0 aliphatic carbocycles. The second-order valence-electron chi connectivity index (χ2n) is 3.74. The van der Waals surface area contributed by atoms with E-state index in [2.05, 4.69) is 30.5 Å². The maximum atomic E-state index is 5.74. The fourth-order valence-electron chi connectivity index (χ4n) is 1.43. The van der Waals surface area contributed by atoms with Crippen molar-refractivity contribution in [2.75, 3.05) is 12.0 Å². The molecule has 0 fully saturated rings. The molecule has 0 heterocycles. The van der Waals surface area contributed by atoms with Gasteiger partial charge in [-0.2, -0.15) is 11.8 Å². The van der Waals surface area contributed by atoms with Crippen LogP contribution in [0.3, 0.4) is 0 Å². The first-order chi connectivity index (χ1) is 6.72. The van der Waals surface area contributed by atoms with E-state index in [4.69, 9.17) is 5.73 Å². The smallest absolute Gasteiger partial charge is 0.00509 e. The van der Waals surface area contributed by atoms with Crippen LogP contribution < -0.4 is 5.73 Å². The van der Waals surface area contributed by atoms with E-state index >= 15 is 0 Å². The third kappa shape index (κ3) is 4.16. The van der Waals surface area contributed by atoms with E-state index in [1.807, 2.05) is 18.7 Å². The number of rotatable bonds is 5. The zero-order valence-electron chi connectivity index (χ0n) is 8.99. The molecule has 1 nitrogen and oxygen atoms in total. The molecule has 1 aromatic rings. The second kappa shape index (κ2) is 6.10. The van der Waals surface area contributed by atoms with E-state index in [-0.39, 0.29) is 6.04 Å². The van der Waals surface area contributed by atoms with Crippen molar-refractivity contribution in [2.24, 2.45) is 5.73 Å². The zero-order chi connectivity index (χ0) is 10.4. The van der Waals surface area contributed by atoms with Crippen molar-refractivity contribution in [2.45, 2.75) is 25.8 Å². The number of aryl methyl sites for hydroxylation is 1. The lowest BCUT2D eigenvalue weighted by Gasteiger charge is -2.06. The van der Waals surface area contributed by atoms with Gasteiger partial charge >= 0.3 is 0 Å². The average molecular weight is 209 g/mol. The van der Waals surface area contributed by atoms with Crippen LogP contribution in [-0.2, 0) is 12.8 Å². The molecule has 14 heavy (non-hydrogen) atoms. The van der Waals surface area contributed by atoms with Crippen molar-refractivity contribution in [1.29, 1.82) is 0 Å². The Morgan fingerprint density at radius 1 is 1.21 bits per heavy atom. The summed E-state index contributed by atoms with van der Waals surface area (Å²) in [6.45, 7) is 2.04. The predicted octanol–water partition coefficient (Wildman–Crippen LogP) is 2.48. The summed E-state index contributed by atoms with van der Waals surface area (Å²) in [5, 5.41) is 0. The summed E-state index contributed by atoms with van der Waals surface area (Å²) in [5.74, 6) is 1.20. The largest absolute Gasteiger partial charge is 0.328 e. The van der Waals surface area contributed by atoms with E-state index in [0.717, 1.165) is 6.42 Å². The van der Waals surface area contributed by atoms with Gasteiger partial charge in [0.2, 0.25) is 0 Å². The van der Waals surface area contributed by atoms with Gasteiger partial charge in [0.15, 0.2) is 0 Å². The summed E-state index contributed by atoms with van der Waals surface area (Å²) in [7, 11) is 0. The van der Waals surface area contributed by atoms with Crippen LogP contribution in [0, 0.1) is 0 Å². The molecular formula is C12H19NS. The first-order valence-corrected chi connectivity index (χ1v) is 6.44. The fourth-order valence-corrected chi connectivity index (χ4v) is 1.87. The van der Waals surface area contributed by atoms with E-state index in [1.165, 1.54) is 23.3 Å². The van der Waals surface area contributed by atoms with Crippen LogP contribution in [0.25, 0.3) is 0 Å². The summed E-state index contributed by atoms with van der Waals surface area (Å²) in [4.78, 5) is 0. The molecule has 0 aliphatic heterocycles. The Bertz CT molecular complexity index is 254. The normalized spacial score (nSPS) is 12.8. The fraction of sp³-hybridized carbons (Fsp3) is 0.500. The van der Waals surface area contributed by atoms with Crippen molar-refractivity contribution in [1.82, 2.24) is 0 Å². The molecule has 0 aromatic heterocycles. The summed E-state index contributed by atoms with van der Waals surface area (Å²) in [6.07, 6.45) is 4.28. The Morgan fingerprint density at radius 2 is 1.79 bits per heavy atom. The Kier molecular flexibility index (Phi) is 5.05. The number of nitrogens with two attached hydrogens (primary N) is 1. The van der Waals surface area contributed by atoms with Gasteiger partial charge in [-0.15, -0.1) is 0 Å². The third-order valence-electron chi connectivity index (χ3n) is 2.18. The van der Waals surface area contributed by atoms with Crippen molar-refractivity contribution in [3.8, 4) is 0 Å². The van der Waals surface area contributed by atoms with Gasteiger partial charge < -0.3 is 5.73 Å². The molecule has 0 spiro atoms. The van der Waals surface area contributed by atoms with Gasteiger partial charge in [0.05, 0.1) is 0 Å². The van der Waals surface area contributed by atoms with Gasteiger partial charge in [-0.1, -0.05) is 24.3 Å². The minimum absolute atomic E-state index is 0.257. The van der Waals surface area contributed by atoms with Gasteiger partial charge in [0, 0.05) is 6.04 Å². The lowest BCUT2D eigenvalue weighted by molar-refractivity contribution is 0.738. The van der Waals surface area contributed by atoms with Gasteiger partial charge in [-0.05, 0) is 42.9 Å². The molecule has 0 saturated heterocycles. The van der Waals surface area contributed by atoms with Crippen molar-refractivity contribution in [3.63, 3.8) is 0 Å². The van der Waals surface area contributed by atoms with E-state index in [9.17, 15) is 0 Å². The molecule has 1 atom stereocenters. The third-order valence-corrected chi connectivity index (χ3v) is 2.79.